The Morgan fingerprint density at radius 1 is 1.00 bits per heavy atom. The highest BCUT2D eigenvalue weighted by molar-refractivity contribution is 9.10. The van der Waals surface area contributed by atoms with Crippen molar-refractivity contribution in [3.8, 4) is 0 Å². The Labute approximate surface area is 166 Å². The molecule has 0 aliphatic rings. The van der Waals surface area contributed by atoms with Gasteiger partial charge in [-0.15, -0.1) is 0 Å². The Kier molecular flexibility index (Phi) is 6.35. The summed E-state index contributed by atoms with van der Waals surface area (Å²) in [6.45, 7) is 13.9. The quantitative estimate of drug-likeness (QED) is 0.384. The molecule has 0 aliphatic carbocycles. The highest BCUT2D eigenvalue weighted by atomic mass is 79.9. The highest BCUT2D eigenvalue weighted by Crippen LogP contribution is 2.44. The van der Waals surface area contributed by atoms with Crippen LogP contribution in [-0.2, 0) is 4.74 Å². The summed E-state index contributed by atoms with van der Waals surface area (Å²) in [6.07, 6.45) is 0. The number of anilines is 2. The topological polar surface area (TPSA) is 29.5 Å². The Hall–Kier alpha value is -1.59. The van der Waals surface area contributed by atoms with Crippen LogP contribution in [0.2, 0.25) is 18.1 Å². The second-order valence-corrected chi connectivity index (χ2v) is 13.9. The average molecular weight is 434 g/mol. The fourth-order valence-corrected chi connectivity index (χ4v) is 5.21. The summed E-state index contributed by atoms with van der Waals surface area (Å²) < 4.78 is 8.63. The number of hydrogen-bond donors (Lipinski definition) is 0. The third-order valence-electron chi connectivity index (χ3n) is 5.12. The minimum absolute atomic E-state index is 0.167. The fraction of sp³-hybridized carbons (Fsp3) is 0.381. The smallest absolute Gasteiger partial charge is 0.338 e. The largest absolute Gasteiger partial charge is 0.462 e. The molecule has 0 radical (unpaired) electrons. The van der Waals surface area contributed by atoms with Crippen molar-refractivity contribution in [3.63, 3.8) is 0 Å². The first-order chi connectivity index (χ1) is 12.1. The maximum Gasteiger partial charge on any atom is 0.338 e. The van der Waals surface area contributed by atoms with Crippen LogP contribution in [0, 0.1) is 0 Å². The predicted molar refractivity (Wildman–Crippen MR) is 116 cm³/mol. The van der Waals surface area contributed by atoms with Crippen LogP contribution in [-0.4, -0.2) is 20.8 Å². The highest BCUT2D eigenvalue weighted by Gasteiger charge is 2.42. The van der Waals surface area contributed by atoms with E-state index < -0.39 is 8.24 Å². The Morgan fingerprint density at radius 3 is 1.88 bits per heavy atom. The van der Waals surface area contributed by atoms with Gasteiger partial charge in [0, 0.05) is 15.8 Å². The molecule has 0 saturated heterocycles. The van der Waals surface area contributed by atoms with Crippen molar-refractivity contribution in [2.45, 2.75) is 45.8 Å². The molecule has 0 heterocycles. The molecule has 0 spiro atoms. The van der Waals surface area contributed by atoms with Gasteiger partial charge in [-0.25, -0.2) is 4.79 Å². The van der Waals surface area contributed by atoms with Crippen LogP contribution in [0.5, 0.6) is 0 Å². The van der Waals surface area contributed by atoms with Crippen LogP contribution in [0.25, 0.3) is 0 Å². The number of halogens is 1. The van der Waals surface area contributed by atoms with Gasteiger partial charge >= 0.3 is 5.97 Å². The zero-order valence-corrected chi connectivity index (χ0v) is 19.1. The van der Waals surface area contributed by atoms with Gasteiger partial charge in [0.05, 0.1) is 12.2 Å². The summed E-state index contributed by atoms with van der Waals surface area (Å²) >= 11 is 3.52. The summed E-state index contributed by atoms with van der Waals surface area (Å²) in [5.74, 6) is -0.276. The van der Waals surface area contributed by atoms with E-state index in [1.165, 1.54) is 5.69 Å². The normalized spacial score (nSPS) is 12.0. The molecule has 0 aromatic heterocycles. The number of nitrogens with zero attached hydrogens (tertiary/aromatic N) is 1. The molecule has 0 amide bonds. The van der Waals surface area contributed by atoms with Gasteiger partial charge < -0.3 is 9.30 Å². The van der Waals surface area contributed by atoms with E-state index in [2.05, 4.69) is 78.6 Å². The van der Waals surface area contributed by atoms with E-state index in [0.717, 1.165) is 10.2 Å². The van der Waals surface area contributed by atoms with Crippen molar-refractivity contribution < 1.29 is 9.53 Å². The third kappa shape index (κ3) is 4.38. The summed E-state index contributed by atoms with van der Waals surface area (Å²) in [5.41, 5.74) is 2.86. The van der Waals surface area contributed by atoms with Crippen LogP contribution in [0.15, 0.2) is 53.0 Å². The zero-order valence-electron chi connectivity index (χ0n) is 16.5. The molecule has 3 nitrogen and oxygen atoms in total. The lowest BCUT2D eigenvalue weighted by Gasteiger charge is -2.47. The Bertz CT molecular complexity index is 749. The zero-order chi connectivity index (χ0) is 19.5. The fourth-order valence-electron chi connectivity index (χ4n) is 2.68. The third-order valence-corrected chi connectivity index (χ3v) is 10.9. The summed E-state index contributed by atoms with van der Waals surface area (Å²) in [5, 5.41) is 0.167. The molecule has 2 rings (SSSR count). The van der Waals surface area contributed by atoms with E-state index in [4.69, 9.17) is 4.74 Å². The van der Waals surface area contributed by atoms with E-state index in [1.807, 2.05) is 31.2 Å². The minimum Gasteiger partial charge on any atom is -0.462 e. The molecule has 0 saturated carbocycles. The van der Waals surface area contributed by atoms with Crippen LogP contribution in [0.3, 0.4) is 0 Å². The molecular formula is C21H28BrNO2Si. The molecule has 2 aromatic carbocycles. The molecule has 26 heavy (non-hydrogen) atoms. The maximum atomic E-state index is 12.0. The van der Waals surface area contributed by atoms with Gasteiger partial charge in [0.25, 0.3) is 0 Å². The lowest BCUT2D eigenvalue weighted by Crippen LogP contribution is -2.52. The lowest BCUT2D eigenvalue weighted by atomic mass is 10.2. The number of benzene rings is 2. The van der Waals surface area contributed by atoms with E-state index >= 15 is 0 Å². The molecular weight excluding hydrogens is 406 g/mol. The number of esters is 1. The van der Waals surface area contributed by atoms with Gasteiger partial charge in [0.15, 0.2) is 8.24 Å². The molecule has 0 bridgehead atoms. The van der Waals surface area contributed by atoms with Gasteiger partial charge in [0.1, 0.15) is 0 Å². The average Bonchev–Trinajstić information content (AvgIpc) is 2.56. The molecule has 0 aliphatic heterocycles. The number of carbonyl (C=O) groups excluding carboxylic acids is 1. The van der Waals surface area contributed by atoms with E-state index in [9.17, 15) is 4.79 Å². The van der Waals surface area contributed by atoms with Gasteiger partial charge in [-0.3, -0.25) is 0 Å². The first-order valence-electron chi connectivity index (χ1n) is 8.91. The second kappa shape index (κ2) is 7.97. The molecule has 140 valence electrons. The monoisotopic (exact) mass is 433 g/mol. The van der Waals surface area contributed by atoms with Crippen molar-refractivity contribution in [1.82, 2.24) is 0 Å². The van der Waals surface area contributed by atoms with Crippen molar-refractivity contribution in [2.24, 2.45) is 0 Å². The lowest BCUT2D eigenvalue weighted by molar-refractivity contribution is 0.0526. The molecule has 5 heteroatoms. The molecule has 0 N–H and O–H groups in total. The Balaban J connectivity index is 2.51. The van der Waals surface area contributed by atoms with Crippen LogP contribution in [0.4, 0.5) is 11.4 Å². The molecule has 2 aromatic rings. The van der Waals surface area contributed by atoms with Crippen molar-refractivity contribution >= 4 is 41.5 Å². The Morgan fingerprint density at radius 2 is 1.46 bits per heavy atom. The SMILES string of the molecule is CCOC(=O)c1ccc(N(c2ccc(Br)cc2)[Si](C)(C)C(C)(C)C)cc1. The van der Waals surface area contributed by atoms with E-state index in [1.54, 1.807) is 0 Å². The van der Waals surface area contributed by atoms with Gasteiger partial charge in [0.2, 0.25) is 0 Å². The first kappa shape index (κ1) is 20.7. The van der Waals surface area contributed by atoms with Crippen molar-refractivity contribution in [1.29, 1.82) is 0 Å². The number of ether oxygens (including phenoxy) is 1. The van der Waals surface area contributed by atoms with Gasteiger partial charge in [-0.05, 0) is 60.5 Å². The summed E-state index contributed by atoms with van der Waals surface area (Å²) in [6, 6.07) is 16.2. The number of rotatable bonds is 5. The standard InChI is InChI=1S/C21H28BrNO2Si/c1-7-25-20(24)16-8-12-18(13-9-16)23(26(5,6)21(2,3)4)19-14-10-17(22)11-15-19/h8-15H,7H2,1-6H3. The van der Waals surface area contributed by atoms with Gasteiger partial charge in [-0.1, -0.05) is 49.8 Å². The van der Waals surface area contributed by atoms with Crippen molar-refractivity contribution in [2.75, 3.05) is 11.2 Å². The number of hydrogen-bond acceptors (Lipinski definition) is 3. The van der Waals surface area contributed by atoms with E-state index in [0.29, 0.717) is 12.2 Å². The van der Waals surface area contributed by atoms with Crippen molar-refractivity contribution in [3.05, 3.63) is 58.6 Å². The molecule has 0 atom stereocenters. The summed E-state index contributed by atoms with van der Waals surface area (Å²) in [7, 11) is -1.89. The minimum atomic E-state index is -1.89. The predicted octanol–water partition coefficient (Wildman–Crippen LogP) is 6.77. The first-order valence-corrected chi connectivity index (χ1v) is 12.6. The van der Waals surface area contributed by atoms with E-state index in [-0.39, 0.29) is 11.0 Å². The van der Waals surface area contributed by atoms with Crippen LogP contribution in [0.1, 0.15) is 38.1 Å². The van der Waals surface area contributed by atoms with Crippen LogP contribution >= 0.6 is 15.9 Å². The van der Waals surface area contributed by atoms with Crippen LogP contribution < -0.4 is 4.57 Å². The molecule has 0 unspecified atom stereocenters. The second-order valence-electron chi connectivity index (χ2n) is 7.89. The number of carbonyl (C=O) groups is 1. The summed E-state index contributed by atoms with van der Waals surface area (Å²) in [4.78, 5) is 12.0. The molecule has 0 fully saturated rings. The van der Waals surface area contributed by atoms with Gasteiger partial charge in [-0.2, -0.15) is 0 Å². The maximum absolute atomic E-state index is 12.0.